The van der Waals surface area contributed by atoms with Crippen LogP contribution in [-0.4, -0.2) is 19.7 Å². The number of ether oxygens (including phenoxy) is 1. The quantitative estimate of drug-likeness (QED) is 0.822. The summed E-state index contributed by atoms with van der Waals surface area (Å²) in [6.07, 6.45) is 2.83. The molecule has 0 bridgehead atoms. The predicted octanol–water partition coefficient (Wildman–Crippen LogP) is 2.72. The Morgan fingerprint density at radius 1 is 1.38 bits per heavy atom. The molecule has 0 amide bonds. The highest BCUT2D eigenvalue weighted by Gasteiger charge is 2.43. The molecule has 88 valence electrons. The third kappa shape index (κ3) is 2.38. The molecule has 0 unspecified atom stereocenters. The molecule has 0 radical (unpaired) electrons. The first kappa shape index (κ1) is 11.5. The van der Waals surface area contributed by atoms with Crippen molar-refractivity contribution in [3.63, 3.8) is 0 Å². The minimum atomic E-state index is 0.245. The van der Waals surface area contributed by atoms with E-state index in [0.29, 0.717) is 5.41 Å². The van der Waals surface area contributed by atoms with E-state index in [4.69, 9.17) is 4.74 Å². The summed E-state index contributed by atoms with van der Waals surface area (Å²) in [5.74, 6) is 0.995. The van der Waals surface area contributed by atoms with Crippen LogP contribution in [0, 0.1) is 0 Å². The lowest BCUT2D eigenvalue weighted by Crippen LogP contribution is -2.23. The number of likely N-dealkylation sites (N-methyl/N-ethyl adjacent to an activating group) is 1. The molecule has 2 rings (SSSR count). The third-order valence-electron chi connectivity index (χ3n) is 3.19. The van der Waals surface area contributed by atoms with Gasteiger partial charge in [-0.15, -0.1) is 0 Å². The second-order valence-corrected chi connectivity index (χ2v) is 5.01. The van der Waals surface area contributed by atoms with E-state index in [1.165, 1.54) is 18.4 Å². The van der Waals surface area contributed by atoms with Crippen molar-refractivity contribution >= 4 is 0 Å². The zero-order valence-corrected chi connectivity index (χ0v) is 10.4. The Hall–Kier alpha value is -1.02. The second kappa shape index (κ2) is 4.46. The standard InChI is InChI=1S/C14H21NO/c1-11(2)16-13-6-4-5-12(9-13)14(7-8-14)10-15-3/h4-6,9,11,15H,7-8,10H2,1-3H3. The van der Waals surface area contributed by atoms with Crippen molar-refractivity contribution in [1.82, 2.24) is 5.32 Å². The van der Waals surface area contributed by atoms with Gasteiger partial charge in [-0.1, -0.05) is 12.1 Å². The van der Waals surface area contributed by atoms with Gasteiger partial charge in [0.1, 0.15) is 5.75 Å². The maximum Gasteiger partial charge on any atom is 0.119 e. The maximum absolute atomic E-state index is 5.74. The Bertz CT molecular complexity index is 356. The van der Waals surface area contributed by atoms with Gasteiger partial charge in [-0.2, -0.15) is 0 Å². The Morgan fingerprint density at radius 2 is 2.12 bits per heavy atom. The summed E-state index contributed by atoms with van der Waals surface area (Å²) in [7, 11) is 2.02. The van der Waals surface area contributed by atoms with Gasteiger partial charge in [-0.3, -0.25) is 0 Å². The minimum Gasteiger partial charge on any atom is -0.491 e. The van der Waals surface area contributed by atoms with Gasteiger partial charge in [0.15, 0.2) is 0 Å². The zero-order valence-electron chi connectivity index (χ0n) is 10.4. The first-order valence-corrected chi connectivity index (χ1v) is 6.08. The van der Waals surface area contributed by atoms with Crippen molar-refractivity contribution < 1.29 is 4.74 Å². The minimum absolute atomic E-state index is 0.245. The van der Waals surface area contributed by atoms with Gasteiger partial charge in [0.05, 0.1) is 6.10 Å². The summed E-state index contributed by atoms with van der Waals surface area (Å²) in [6, 6.07) is 8.56. The first-order valence-electron chi connectivity index (χ1n) is 6.08. The average Bonchev–Trinajstić information content (AvgIpc) is 2.99. The van der Waals surface area contributed by atoms with Gasteiger partial charge in [-0.05, 0) is 51.4 Å². The normalized spacial score (nSPS) is 17.5. The summed E-state index contributed by atoms with van der Waals surface area (Å²) < 4.78 is 5.74. The number of benzene rings is 1. The van der Waals surface area contributed by atoms with Crippen LogP contribution in [0.3, 0.4) is 0 Å². The molecule has 0 heterocycles. The van der Waals surface area contributed by atoms with Gasteiger partial charge in [0.2, 0.25) is 0 Å². The largest absolute Gasteiger partial charge is 0.491 e. The molecule has 1 aromatic carbocycles. The van der Waals surface area contributed by atoms with Gasteiger partial charge in [-0.25, -0.2) is 0 Å². The number of rotatable bonds is 5. The molecule has 0 spiro atoms. The van der Waals surface area contributed by atoms with Crippen molar-refractivity contribution in [2.24, 2.45) is 0 Å². The van der Waals surface area contributed by atoms with Crippen LogP contribution in [0.5, 0.6) is 5.75 Å². The lowest BCUT2D eigenvalue weighted by molar-refractivity contribution is 0.242. The summed E-state index contributed by atoms with van der Waals surface area (Å²) in [4.78, 5) is 0. The summed E-state index contributed by atoms with van der Waals surface area (Å²) in [5.41, 5.74) is 1.80. The molecule has 0 aliphatic heterocycles. The molecule has 0 saturated heterocycles. The number of nitrogens with one attached hydrogen (secondary N) is 1. The van der Waals surface area contributed by atoms with Gasteiger partial charge < -0.3 is 10.1 Å². The summed E-state index contributed by atoms with van der Waals surface area (Å²) in [5, 5.41) is 3.29. The molecule has 16 heavy (non-hydrogen) atoms. The van der Waals surface area contributed by atoms with E-state index in [2.05, 4.69) is 37.4 Å². The topological polar surface area (TPSA) is 21.3 Å². The zero-order chi connectivity index (χ0) is 11.6. The SMILES string of the molecule is CNCC1(c2cccc(OC(C)C)c2)CC1. The van der Waals surface area contributed by atoms with Crippen LogP contribution in [0.1, 0.15) is 32.3 Å². The van der Waals surface area contributed by atoms with Crippen LogP contribution in [-0.2, 0) is 5.41 Å². The van der Waals surface area contributed by atoms with E-state index in [9.17, 15) is 0 Å². The van der Waals surface area contributed by atoms with E-state index in [1.54, 1.807) is 0 Å². The van der Waals surface area contributed by atoms with Crippen molar-refractivity contribution in [2.45, 2.75) is 38.2 Å². The Labute approximate surface area is 98.0 Å². The molecule has 1 aliphatic carbocycles. The molecule has 1 N–H and O–H groups in total. The lowest BCUT2D eigenvalue weighted by Gasteiger charge is -2.17. The maximum atomic E-state index is 5.74. The molecular weight excluding hydrogens is 198 g/mol. The van der Waals surface area contributed by atoms with E-state index in [1.807, 2.05) is 13.1 Å². The Morgan fingerprint density at radius 3 is 2.69 bits per heavy atom. The molecule has 1 saturated carbocycles. The van der Waals surface area contributed by atoms with Gasteiger partial charge in [0.25, 0.3) is 0 Å². The van der Waals surface area contributed by atoms with Crippen molar-refractivity contribution in [1.29, 1.82) is 0 Å². The molecule has 1 aromatic rings. The molecule has 1 fully saturated rings. The lowest BCUT2D eigenvalue weighted by atomic mass is 9.96. The summed E-state index contributed by atoms with van der Waals surface area (Å²) >= 11 is 0. The van der Waals surface area contributed by atoms with E-state index in [-0.39, 0.29) is 6.10 Å². The smallest absolute Gasteiger partial charge is 0.119 e. The Kier molecular flexibility index (Phi) is 3.20. The molecule has 0 atom stereocenters. The summed E-state index contributed by atoms with van der Waals surface area (Å²) in [6.45, 7) is 5.19. The highest BCUT2D eigenvalue weighted by Crippen LogP contribution is 2.48. The highest BCUT2D eigenvalue weighted by molar-refractivity contribution is 5.38. The fourth-order valence-corrected chi connectivity index (χ4v) is 2.23. The van der Waals surface area contributed by atoms with Crippen LogP contribution in [0.15, 0.2) is 24.3 Å². The molecule has 1 aliphatic rings. The number of hydrogen-bond acceptors (Lipinski definition) is 2. The molecule has 2 nitrogen and oxygen atoms in total. The second-order valence-electron chi connectivity index (χ2n) is 5.01. The molecule has 2 heteroatoms. The van der Waals surface area contributed by atoms with Gasteiger partial charge >= 0.3 is 0 Å². The van der Waals surface area contributed by atoms with Crippen LogP contribution < -0.4 is 10.1 Å². The molecule has 0 aromatic heterocycles. The Balaban J connectivity index is 2.16. The van der Waals surface area contributed by atoms with Gasteiger partial charge in [0, 0.05) is 12.0 Å². The highest BCUT2D eigenvalue weighted by atomic mass is 16.5. The van der Waals surface area contributed by atoms with E-state index in [0.717, 1.165) is 12.3 Å². The van der Waals surface area contributed by atoms with Crippen molar-refractivity contribution in [3.05, 3.63) is 29.8 Å². The predicted molar refractivity (Wildman–Crippen MR) is 67.0 cm³/mol. The van der Waals surface area contributed by atoms with Crippen LogP contribution in [0.2, 0.25) is 0 Å². The van der Waals surface area contributed by atoms with E-state index >= 15 is 0 Å². The van der Waals surface area contributed by atoms with Crippen molar-refractivity contribution in [3.8, 4) is 5.75 Å². The van der Waals surface area contributed by atoms with Crippen LogP contribution >= 0.6 is 0 Å². The molecular formula is C14H21NO. The fraction of sp³-hybridized carbons (Fsp3) is 0.571. The fourth-order valence-electron chi connectivity index (χ4n) is 2.23. The van der Waals surface area contributed by atoms with Crippen LogP contribution in [0.4, 0.5) is 0 Å². The van der Waals surface area contributed by atoms with E-state index < -0.39 is 0 Å². The van der Waals surface area contributed by atoms with Crippen LogP contribution in [0.25, 0.3) is 0 Å². The first-order chi connectivity index (χ1) is 7.66. The van der Waals surface area contributed by atoms with Crippen molar-refractivity contribution in [2.75, 3.05) is 13.6 Å². The monoisotopic (exact) mass is 219 g/mol. The third-order valence-corrected chi connectivity index (χ3v) is 3.19. The average molecular weight is 219 g/mol. The number of hydrogen-bond donors (Lipinski definition) is 1.